The van der Waals surface area contributed by atoms with Crippen LogP contribution in [-0.4, -0.2) is 31.4 Å². The van der Waals surface area contributed by atoms with Crippen LogP contribution in [0.4, 0.5) is 0 Å². The zero-order valence-corrected chi connectivity index (χ0v) is 13.3. The van der Waals surface area contributed by atoms with Gasteiger partial charge in [0.15, 0.2) is 11.5 Å². The minimum absolute atomic E-state index is 0.0145. The Morgan fingerprint density at radius 1 is 1.17 bits per heavy atom. The van der Waals surface area contributed by atoms with Crippen LogP contribution in [0.15, 0.2) is 41.5 Å². The molecule has 6 nitrogen and oxygen atoms in total. The molecule has 0 unspecified atom stereocenters. The Balaban J connectivity index is 2.10. The van der Waals surface area contributed by atoms with Crippen LogP contribution in [0, 0.1) is 0 Å². The highest BCUT2D eigenvalue weighted by molar-refractivity contribution is 6.31. The van der Waals surface area contributed by atoms with Gasteiger partial charge in [-0.2, -0.15) is 5.10 Å². The molecule has 2 rings (SSSR count). The Hall–Kier alpha value is -2.73. The molecule has 0 aliphatic rings. The van der Waals surface area contributed by atoms with Gasteiger partial charge in [0.1, 0.15) is 5.75 Å². The highest BCUT2D eigenvalue weighted by atomic mass is 35.5. The Bertz CT molecular complexity index is 747. The molecule has 1 amide bonds. The third kappa shape index (κ3) is 4.14. The normalized spacial score (nSPS) is 10.6. The van der Waals surface area contributed by atoms with Gasteiger partial charge in [-0.05, 0) is 42.0 Å². The largest absolute Gasteiger partial charge is 0.504 e. The predicted molar refractivity (Wildman–Crippen MR) is 87.7 cm³/mol. The summed E-state index contributed by atoms with van der Waals surface area (Å²) < 4.78 is 10.1. The van der Waals surface area contributed by atoms with Gasteiger partial charge in [-0.15, -0.1) is 0 Å². The maximum absolute atomic E-state index is 12.1. The summed E-state index contributed by atoms with van der Waals surface area (Å²) in [5.74, 6) is 0.275. The molecule has 0 radical (unpaired) electrons. The second-order valence-electron chi connectivity index (χ2n) is 4.48. The zero-order valence-electron chi connectivity index (χ0n) is 12.5. The third-order valence-corrected chi connectivity index (χ3v) is 3.22. The average Bonchev–Trinajstić information content (AvgIpc) is 2.55. The summed E-state index contributed by atoms with van der Waals surface area (Å²) in [6.07, 6.45) is 1.40. The molecule has 2 N–H and O–H groups in total. The fraction of sp³-hybridized carbons (Fsp3) is 0.125. The second kappa shape index (κ2) is 7.51. The summed E-state index contributed by atoms with van der Waals surface area (Å²) in [4.78, 5) is 12.1. The van der Waals surface area contributed by atoms with Gasteiger partial charge in [0, 0.05) is 5.02 Å². The highest BCUT2D eigenvalue weighted by Crippen LogP contribution is 2.25. The molecule has 0 spiro atoms. The number of nitrogens with one attached hydrogen (secondary N) is 1. The van der Waals surface area contributed by atoms with E-state index in [1.165, 1.54) is 32.6 Å². The summed E-state index contributed by atoms with van der Waals surface area (Å²) in [5, 5.41) is 13.9. The summed E-state index contributed by atoms with van der Waals surface area (Å²) in [5.41, 5.74) is 3.25. The number of benzene rings is 2. The second-order valence-corrected chi connectivity index (χ2v) is 4.91. The van der Waals surface area contributed by atoms with Gasteiger partial charge in [-0.1, -0.05) is 11.6 Å². The third-order valence-electron chi connectivity index (χ3n) is 2.99. The Labute approximate surface area is 138 Å². The van der Waals surface area contributed by atoms with E-state index >= 15 is 0 Å². The molecule has 0 heterocycles. The molecule has 0 saturated carbocycles. The number of phenols is 1. The first-order valence-corrected chi connectivity index (χ1v) is 6.97. The topological polar surface area (TPSA) is 80.2 Å². The molecule has 0 aliphatic carbocycles. The van der Waals surface area contributed by atoms with E-state index in [1.807, 2.05) is 0 Å². The number of halogens is 1. The smallest absolute Gasteiger partial charge is 0.275 e. The number of nitrogens with zero attached hydrogens (tertiary/aromatic N) is 1. The van der Waals surface area contributed by atoms with Gasteiger partial charge in [-0.25, -0.2) is 5.43 Å². The van der Waals surface area contributed by atoms with E-state index in [4.69, 9.17) is 21.1 Å². The molecular formula is C16H15ClN2O4. The summed E-state index contributed by atoms with van der Waals surface area (Å²) in [7, 11) is 2.92. The van der Waals surface area contributed by atoms with Crippen LogP contribution in [0.5, 0.6) is 17.2 Å². The summed E-state index contributed by atoms with van der Waals surface area (Å²) in [6, 6.07) is 9.47. The fourth-order valence-electron chi connectivity index (χ4n) is 1.87. The predicted octanol–water partition coefficient (Wildman–Crippen LogP) is 2.83. The number of carbonyl (C=O) groups excluding carboxylic acids is 1. The van der Waals surface area contributed by atoms with E-state index in [1.54, 1.807) is 24.3 Å². The number of carbonyl (C=O) groups is 1. The molecule has 0 fully saturated rings. The van der Waals surface area contributed by atoms with Gasteiger partial charge in [0.05, 0.1) is 26.0 Å². The number of ether oxygens (including phenoxy) is 2. The van der Waals surface area contributed by atoms with Crippen molar-refractivity contribution in [3.63, 3.8) is 0 Å². The van der Waals surface area contributed by atoms with E-state index < -0.39 is 5.91 Å². The van der Waals surface area contributed by atoms with E-state index in [9.17, 15) is 9.90 Å². The van der Waals surface area contributed by atoms with Crippen molar-refractivity contribution in [2.75, 3.05) is 14.2 Å². The van der Waals surface area contributed by atoms with E-state index in [2.05, 4.69) is 10.5 Å². The highest BCUT2D eigenvalue weighted by Gasteiger charge is 2.12. The maximum Gasteiger partial charge on any atom is 0.275 e. The molecule has 7 heteroatoms. The van der Waals surface area contributed by atoms with E-state index in [-0.39, 0.29) is 11.3 Å². The minimum atomic E-state index is -0.460. The molecule has 0 atom stereocenters. The van der Waals surface area contributed by atoms with Crippen molar-refractivity contribution < 1.29 is 19.4 Å². The zero-order chi connectivity index (χ0) is 16.8. The van der Waals surface area contributed by atoms with Crippen LogP contribution in [0.1, 0.15) is 15.9 Å². The minimum Gasteiger partial charge on any atom is -0.504 e. The lowest BCUT2D eigenvalue weighted by molar-refractivity contribution is 0.0952. The molecule has 0 saturated heterocycles. The molecule has 0 bridgehead atoms. The number of rotatable bonds is 5. The number of hydrogen-bond donors (Lipinski definition) is 2. The number of amides is 1. The first-order valence-electron chi connectivity index (χ1n) is 6.59. The number of methoxy groups -OCH3 is 2. The van der Waals surface area contributed by atoms with Crippen molar-refractivity contribution in [3.05, 3.63) is 52.5 Å². The molecule has 0 aromatic heterocycles. The number of hydrazone groups is 1. The van der Waals surface area contributed by atoms with Gasteiger partial charge in [0.2, 0.25) is 0 Å². The SMILES string of the molecule is COc1ccc(/C=N/NC(=O)c2cc(Cl)ccc2OC)cc1O. The fourth-order valence-corrected chi connectivity index (χ4v) is 2.04. The van der Waals surface area contributed by atoms with Gasteiger partial charge in [-0.3, -0.25) is 4.79 Å². The lowest BCUT2D eigenvalue weighted by Gasteiger charge is -2.07. The van der Waals surface area contributed by atoms with Gasteiger partial charge < -0.3 is 14.6 Å². The van der Waals surface area contributed by atoms with E-state index in [0.717, 1.165) is 0 Å². The molecule has 23 heavy (non-hydrogen) atoms. The Morgan fingerprint density at radius 2 is 1.87 bits per heavy atom. The molecule has 0 aliphatic heterocycles. The van der Waals surface area contributed by atoms with E-state index in [0.29, 0.717) is 22.1 Å². The molecule has 2 aromatic rings. The molecule has 120 valence electrons. The first-order chi connectivity index (χ1) is 11.0. The quantitative estimate of drug-likeness (QED) is 0.651. The van der Waals surface area contributed by atoms with Crippen molar-refractivity contribution in [1.29, 1.82) is 0 Å². The number of aromatic hydroxyl groups is 1. The van der Waals surface area contributed by atoms with Crippen LogP contribution >= 0.6 is 11.6 Å². The standard InChI is InChI=1S/C16H15ClN2O4/c1-22-14-6-4-11(17)8-12(14)16(21)19-18-9-10-3-5-15(23-2)13(20)7-10/h3-9,20H,1-2H3,(H,19,21)/b18-9+. The van der Waals surface area contributed by atoms with Crippen LogP contribution in [0.2, 0.25) is 5.02 Å². The molecule has 2 aromatic carbocycles. The van der Waals surface area contributed by atoms with Crippen LogP contribution in [0.3, 0.4) is 0 Å². The van der Waals surface area contributed by atoms with Crippen molar-refractivity contribution in [3.8, 4) is 17.2 Å². The van der Waals surface area contributed by atoms with Crippen molar-refractivity contribution >= 4 is 23.7 Å². The van der Waals surface area contributed by atoms with Crippen LogP contribution < -0.4 is 14.9 Å². The van der Waals surface area contributed by atoms with Crippen molar-refractivity contribution in [2.45, 2.75) is 0 Å². The lowest BCUT2D eigenvalue weighted by Crippen LogP contribution is -2.18. The number of hydrogen-bond acceptors (Lipinski definition) is 5. The first kappa shape index (κ1) is 16.6. The average molecular weight is 335 g/mol. The Morgan fingerprint density at radius 3 is 2.52 bits per heavy atom. The van der Waals surface area contributed by atoms with Gasteiger partial charge >= 0.3 is 0 Å². The number of phenolic OH excluding ortho intramolecular Hbond substituents is 1. The van der Waals surface area contributed by atoms with Gasteiger partial charge in [0.25, 0.3) is 5.91 Å². The maximum atomic E-state index is 12.1. The van der Waals surface area contributed by atoms with Crippen LogP contribution in [0.25, 0.3) is 0 Å². The van der Waals surface area contributed by atoms with Crippen LogP contribution in [-0.2, 0) is 0 Å². The monoisotopic (exact) mass is 334 g/mol. The Kier molecular flexibility index (Phi) is 5.43. The lowest BCUT2D eigenvalue weighted by atomic mass is 10.2. The summed E-state index contributed by atoms with van der Waals surface area (Å²) >= 11 is 5.88. The summed E-state index contributed by atoms with van der Waals surface area (Å²) in [6.45, 7) is 0. The molecular weight excluding hydrogens is 320 g/mol. The van der Waals surface area contributed by atoms with Crippen molar-refractivity contribution in [1.82, 2.24) is 5.43 Å². The van der Waals surface area contributed by atoms with Crippen molar-refractivity contribution in [2.24, 2.45) is 5.10 Å².